The normalized spacial score (nSPS) is 15.4. The largest absolute Gasteiger partial charge is 0.450 e. The van der Waals surface area contributed by atoms with Crippen LogP contribution < -0.4 is 4.74 Å². The zero-order valence-electron chi connectivity index (χ0n) is 14.8. The Bertz CT molecular complexity index is 921. The van der Waals surface area contributed by atoms with Crippen molar-refractivity contribution >= 4 is 15.7 Å². The molecule has 0 radical (unpaired) electrons. The second-order valence-electron chi connectivity index (χ2n) is 6.00. The minimum atomic E-state index is -3.82. The zero-order chi connectivity index (χ0) is 19.4. The number of hydrogen-bond donors (Lipinski definition) is 0. The van der Waals surface area contributed by atoms with Gasteiger partial charge in [0.25, 0.3) is 0 Å². The maximum Gasteiger partial charge on any atom is 0.312 e. The van der Waals surface area contributed by atoms with E-state index in [0.717, 1.165) is 18.1 Å². The van der Waals surface area contributed by atoms with Crippen molar-refractivity contribution in [3.8, 4) is 11.5 Å². The van der Waals surface area contributed by atoms with Crippen LogP contribution in [0.2, 0.25) is 0 Å². The Morgan fingerprint density at radius 3 is 2.41 bits per heavy atom. The van der Waals surface area contributed by atoms with Gasteiger partial charge in [0.15, 0.2) is 0 Å². The smallest absolute Gasteiger partial charge is 0.312 e. The highest BCUT2D eigenvalue weighted by molar-refractivity contribution is 7.89. The van der Waals surface area contributed by atoms with Crippen molar-refractivity contribution < 1.29 is 22.8 Å². The standard InChI is InChI=1S/C18H20N2O6S/c1-2-14-3-5-15(6-4-14)26-18-8-7-16(13-17(18)20(21)22)27(23,24)19-9-11-25-12-10-19/h3-8,13H,2,9-12H2,1H3. The van der Waals surface area contributed by atoms with Crippen molar-refractivity contribution in [3.05, 3.63) is 58.1 Å². The third-order valence-electron chi connectivity index (χ3n) is 4.29. The molecule has 2 aromatic rings. The van der Waals surface area contributed by atoms with Crippen LogP contribution in [0.4, 0.5) is 5.69 Å². The number of hydrogen-bond acceptors (Lipinski definition) is 6. The first-order valence-electron chi connectivity index (χ1n) is 8.55. The number of morpholine rings is 1. The van der Waals surface area contributed by atoms with Crippen LogP contribution in [0.25, 0.3) is 0 Å². The first kappa shape index (κ1) is 19.3. The fourth-order valence-corrected chi connectivity index (χ4v) is 4.17. The summed E-state index contributed by atoms with van der Waals surface area (Å²) >= 11 is 0. The van der Waals surface area contributed by atoms with Crippen LogP contribution in [0.1, 0.15) is 12.5 Å². The molecule has 1 fully saturated rings. The molecule has 0 amide bonds. The second-order valence-corrected chi connectivity index (χ2v) is 7.94. The molecule has 2 aromatic carbocycles. The van der Waals surface area contributed by atoms with Gasteiger partial charge in [-0.3, -0.25) is 10.1 Å². The van der Waals surface area contributed by atoms with E-state index in [9.17, 15) is 18.5 Å². The monoisotopic (exact) mass is 392 g/mol. The molecule has 9 heteroatoms. The molecule has 0 saturated carbocycles. The van der Waals surface area contributed by atoms with Crippen LogP contribution in [-0.4, -0.2) is 43.9 Å². The summed E-state index contributed by atoms with van der Waals surface area (Å²) in [6.07, 6.45) is 0.870. The number of benzene rings is 2. The Morgan fingerprint density at radius 1 is 1.15 bits per heavy atom. The van der Waals surface area contributed by atoms with Gasteiger partial charge in [-0.2, -0.15) is 4.31 Å². The van der Waals surface area contributed by atoms with Gasteiger partial charge in [0.1, 0.15) is 5.75 Å². The molecule has 0 spiro atoms. The summed E-state index contributed by atoms with van der Waals surface area (Å²) in [5.41, 5.74) is 0.715. The third-order valence-corrected chi connectivity index (χ3v) is 6.19. The fourth-order valence-electron chi connectivity index (χ4n) is 2.74. The van der Waals surface area contributed by atoms with E-state index in [1.807, 2.05) is 19.1 Å². The quantitative estimate of drug-likeness (QED) is 0.554. The number of sulfonamides is 1. The lowest BCUT2D eigenvalue weighted by atomic mass is 10.2. The molecule has 0 atom stereocenters. The maximum absolute atomic E-state index is 12.7. The van der Waals surface area contributed by atoms with Crippen molar-refractivity contribution in [2.24, 2.45) is 0 Å². The van der Waals surface area contributed by atoms with Gasteiger partial charge >= 0.3 is 5.69 Å². The number of nitro benzene ring substituents is 1. The summed E-state index contributed by atoms with van der Waals surface area (Å²) in [4.78, 5) is 10.7. The highest BCUT2D eigenvalue weighted by atomic mass is 32.2. The van der Waals surface area contributed by atoms with E-state index in [2.05, 4.69) is 0 Å². The highest BCUT2D eigenvalue weighted by Gasteiger charge is 2.29. The van der Waals surface area contributed by atoms with Gasteiger partial charge in [-0.05, 0) is 36.2 Å². The summed E-state index contributed by atoms with van der Waals surface area (Å²) in [5, 5.41) is 11.5. The van der Waals surface area contributed by atoms with Gasteiger partial charge in [-0.25, -0.2) is 8.42 Å². The number of nitro groups is 1. The van der Waals surface area contributed by atoms with Gasteiger partial charge in [0, 0.05) is 19.2 Å². The molecule has 0 aromatic heterocycles. The Kier molecular flexibility index (Phi) is 5.73. The Hall–Kier alpha value is -2.49. The second kappa shape index (κ2) is 8.03. The highest BCUT2D eigenvalue weighted by Crippen LogP contribution is 2.34. The number of ether oxygens (including phenoxy) is 2. The van der Waals surface area contributed by atoms with Crippen LogP contribution in [0.5, 0.6) is 11.5 Å². The van der Waals surface area contributed by atoms with Gasteiger partial charge in [-0.15, -0.1) is 0 Å². The predicted molar refractivity (Wildman–Crippen MR) is 98.6 cm³/mol. The van der Waals surface area contributed by atoms with Crippen LogP contribution in [0, 0.1) is 10.1 Å². The topological polar surface area (TPSA) is 99.0 Å². The van der Waals surface area contributed by atoms with E-state index in [0.29, 0.717) is 19.0 Å². The van der Waals surface area contributed by atoms with E-state index >= 15 is 0 Å². The van der Waals surface area contributed by atoms with Crippen LogP contribution >= 0.6 is 0 Å². The van der Waals surface area contributed by atoms with Crippen molar-refractivity contribution in [3.63, 3.8) is 0 Å². The Balaban J connectivity index is 1.91. The molecule has 1 heterocycles. The molecule has 27 heavy (non-hydrogen) atoms. The Morgan fingerprint density at radius 2 is 1.81 bits per heavy atom. The molecule has 0 bridgehead atoms. The average Bonchev–Trinajstić information content (AvgIpc) is 2.69. The van der Waals surface area contributed by atoms with Crippen molar-refractivity contribution in [1.29, 1.82) is 0 Å². The molecule has 1 aliphatic heterocycles. The van der Waals surface area contributed by atoms with Crippen molar-refractivity contribution in [2.75, 3.05) is 26.3 Å². The summed E-state index contributed by atoms with van der Waals surface area (Å²) in [7, 11) is -3.82. The van der Waals surface area contributed by atoms with Gasteiger partial charge in [0.05, 0.1) is 23.0 Å². The van der Waals surface area contributed by atoms with E-state index < -0.39 is 20.6 Å². The number of aryl methyl sites for hydroxylation is 1. The molecular weight excluding hydrogens is 372 g/mol. The Labute approximate surface area is 157 Å². The summed E-state index contributed by atoms with van der Waals surface area (Å²) in [6, 6.07) is 10.9. The molecule has 0 N–H and O–H groups in total. The number of nitrogens with zero attached hydrogens (tertiary/aromatic N) is 2. The number of rotatable bonds is 6. The third kappa shape index (κ3) is 4.26. The van der Waals surface area contributed by atoms with E-state index in [1.165, 1.54) is 16.4 Å². The maximum atomic E-state index is 12.7. The molecule has 0 aliphatic carbocycles. The average molecular weight is 392 g/mol. The molecular formula is C18H20N2O6S. The first-order valence-corrected chi connectivity index (χ1v) is 9.99. The first-order chi connectivity index (χ1) is 12.9. The van der Waals surface area contributed by atoms with E-state index in [4.69, 9.17) is 9.47 Å². The lowest BCUT2D eigenvalue weighted by molar-refractivity contribution is -0.385. The molecule has 8 nitrogen and oxygen atoms in total. The lowest BCUT2D eigenvalue weighted by Gasteiger charge is -2.26. The minimum absolute atomic E-state index is 0.00910. The van der Waals surface area contributed by atoms with Gasteiger partial charge < -0.3 is 9.47 Å². The minimum Gasteiger partial charge on any atom is -0.450 e. The fraction of sp³-hybridized carbons (Fsp3) is 0.333. The van der Waals surface area contributed by atoms with Gasteiger partial charge in [-0.1, -0.05) is 19.1 Å². The van der Waals surface area contributed by atoms with Crippen LogP contribution in [0.3, 0.4) is 0 Å². The SMILES string of the molecule is CCc1ccc(Oc2ccc(S(=O)(=O)N3CCOCC3)cc2[N+](=O)[O-])cc1. The molecule has 0 unspecified atom stereocenters. The van der Waals surface area contributed by atoms with Crippen LogP contribution in [-0.2, 0) is 21.2 Å². The zero-order valence-corrected chi connectivity index (χ0v) is 15.6. The molecule has 144 valence electrons. The predicted octanol–water partition coefficient (Wildman–Crippen LogP) is 2.97. The van der Waals surface area contributed by atoms with E-state index in [-0.39, 0.29) is 23.7 Å². The van der Waals surface area contributed by atoms with Crippen LogP contribution in [0.15, 0.2) is 47.4 Å². The molecule has 1 saturated heterocycles. The van der Waals surface area contributed by atoms with Crippen molar-refractivity contribution in [2.45, 2.75) is 18.2 Å². The van der Waals surface area contributed by atoms with Crippen molar-refractivity contribution in [1.82, 2.24) is 4.31 Å². The lowest BCUT2D eigenvalue weighted by Crippen LogP contribution is -2.40. The van der Waals surface area contributed by atoms with Gasteiger partial charge in [0.2, 0.25) is 15.8 Å². The van der Waals surface area contributed by atoms with E-state index in [1.54, 1.807) is 12.1 Å². The molecule has 3 rings (SSSR count). The summed E-state index contributed by atoms with van der Waals surface area (Å²) < 4.78 is 37.5. The summed E-state index contributed by atoms with van der Waals surface area (Å²) in [5.74, 6) is 0.435. The summed E-state index contributed by atoms with van der Waals surface area (Å²) in [6.45, 7) is 3.07. The molecule has 1 aliphatic rings.